The number of anilines is 1. The first-order valence-electron chi connectivity index (χ1n) is 8.20. The van der Waals surface area contributed by atoms with E-state index in [-0.39, 0.29) is 16.7 Å². The van der Waals surface area contributed by atoms with Gasteiger partial charge in [-0.3, -0.25) is 4.79 Å². The van der Waals surface area contributed by atoms with Crippen molar-refractivity contribution in [3.05, 3.63) is 70.2 Å². The first-order valence-corrected chi connectivity index (χ1v) is 8.96. The molecule has 0 saturated heterocycles. The van der Waals surface area contributed by atoms with Crippen molar-refractivity contribution in [3.8, 4) is 5.75 Å². The van der Waals surface area contributed by atoms with Gasteiger partial charge in [0.15, 0.2) is 0 Å². The predicted molar refractivity (Wildman–Crippen MR) is 111 cm³/mol. The molecule has 3 N–H and O–H groups in total. The van der Waals surface area contributed by atoms with E-state index in [1.807, 2.05) is 42.5 Å². The molecule has 27 heavy (non-hydrogen) atoms. The smallest absolute Gasteiger partial charge is 0.262 e. The Morgan fingerprint density at radius 1 is 1.11 bits per heavy atom. The molecular weight excluding hydrogens is 385 g/mol. The molecule has 3 aromatic carbocycles. The van der Waals surface area contributed by atoms with E-state index >= 15 is 0 Å². The van der Waals surface area contributed by atoms with Crippen molar-refractivity contribution in [2.45, 2.75) is 13.0 Å². The molecule has 3 rings (SSSR count). The Hall–Kier alpha value is -2.76. The van der Waals surface area contributed by atoms with Crippen molar-refractivity contribution in [1.29, 1.82) is 0 Å². The summed E-state index contributed by atoms with van der Waals surface area (Å²) in [4.78, 5) is 12.2. The van der Waals surface area contributed by atoms with Gasteiger partial charge < -0.3 is 10.4 Å². The molecule has 0 heterocycles. The number of hydrogen-bond acceptors (Lipinski definition) is 4. The summed E-state index contributed by atoms with van der Waals surface area (Å²) in [6, 6.07) is 16.3. The summed E-state index contributed by atoms with van der Waals surface area (Å²) in [7, 11) is 0. The molecule has 0 spiro atoms. The van der Waals surface area contributed by atoms with Crippen LogP contribution >= 0.6 is 23.2 Å². The van der Waals surface area contributed by atoms with Gasteiger partial charge in [0.25, 0.3) is 5.91 Å². The number of rotatable bonds is 5. The van der Waals surface area contributed by atoms with E-state index in [1.54, 1.807) is 6.92 Å². The summed E-state index contributed by atoms with van der Waals surface area (Å²) < 4.78 is 0. The number of hydrogen-bond donors (Lipinski definition) is 3. The lowest BCUT2D eigenvalue weighted by Gasteiger charge is -2.14. The highest BCUT2D eigenvalue weighted by atomic mass is 35.5. The van der Waals surface area contributed by atoms with Crippen molar-refractivity contribution in [2.24, 2.45) is 5.10 Å². The predicted octanol–water partition coefficient (Wildman–Crippen LogP) is 4.80. The van der Waals surface area contributed by atoms with Crippen LogP contribution in [0.3, 0.4) is 0 Å². The molecule has 1 unspecified atom stereocenters. The molecule has 0 saturated carbocycles. The number of phenols is 1. The van der Waals surface area contributed by atoms with E-state index < -0.39 is 6.04 Å². The Bertz CT molecular complexity index is 1020. The van der Waals surface area contributed by atoms with E-state index in [4.69, 9.17) is 23.2 Å². The molecule has 0 aliphatic rings. The van der Waals surface area contributed by atoms with Crippen LogP contribution in [0.25, 0.3) is 10.8 Å². The fourth-order valence-electron chi connectivity index (χ4n) is 2.54. The molecule has 5 nitrogen and oxygen atoms in total. The third-order valence-electron chi connectivity index (χ3n) is 3.96. The molecule has 7 heteroatoms. The monoisotopic (exact) mass is 401 g/mol. The highest BCUT2D eigenvalue weighted by molar-refractivity contribution is 6.36. The second kappa shape index (κ2) is 8.29. The summed E-state index contributed by atoms with van der Waals surface area (Å²) in [5.74, 6) is -0.478. The van der Waals surface area contributed by atoms with Gasteiger partial charge in [-0.15, -0.1) is 0 Å². The molecule has 3 aromatic rings. The normalized spacial score (nSPS) is 12.3. The minimum absolute atomic E-state index is 0.113. The SMILES string of the molecule is CC(Nc1ccc2ccccc2c1)C(=O)N/N=C/c1cc(Cl)cc(Cl)c1O. The van der Waals surface area contributed by atoms with E-state index in [0.717, 1.165) is 16.5 Å². The van der Waals surface area contributed by atoms with Crippen molar-refractivity contribution >= 4 is 51.8 Å². The standard InChI is InChI=1S/C20H17Cl2N3O2/c1-12(24-17-7-6-13-4-2-3-5-14(13)9-17)20(27)25-23-11-15-8-16(21)10-18(22)19(15)26/h2-12,24,26H,1H3,(H,25,27)/b23-11+. The fraction of sp³-hybridized carbons (Fsp3) is 0.100. The number of benzene rings is 3. The van der Waals surface area contributed by atoms with Gasteiger partial charge in [-0.1, -0.05) is 53.5 Å². The summed E-state index contributed by atoms with van der Waals surface area (Å²) in [5, 5.41) is 19.5. The zero-order valence-electron chi connectivity index (χ0n) is 14.4. The molecule has 0 radical (unpaired) electrons. The van der Waals surface area contributed by atoms with Gasteiger partial charge in [-0.25, -0.2) is 5.43 Å². The van der Waals surface area contributed by atoms with Gasteiger partial charge in [0.05, 0.1) is 11.2 Å². The van der Waals surface area contributed by atoms with Gasteiger partial charge in [0.2, 0.25) is 0 Å². The van der Waals surface area contributed by atoms with E-state index in [0.29, 0.717) is 10.6 Å². The highest BCUT2D eigenvalue weighted by Crippen LogP contribution is 2.29. The third-order valence-corrected chi connectivity index (χ3v) is 4.47. The Balaban J connectivity index is 1.63. The van der Waals surface area contributed by atoms with Crippen molar-refractivity contribution in [3.63, 3.8) is 0 Å². The number of fused-ring (bicyclic) bond motifs is 1. The second-order valence-corrected chi connectivity index (χ2v) is 6.83. The Morgan fingerprint density at radius 2 is 1.85 bits per heavy atom. The first-order chi connectivity index (χ1) is 12.9. The van der Waals surface area contributed by atoms with Crippen LogP contribution in [0.1, 0.15) is 12.5 Å². The van der Waals surface area contributed by atoms with E-state index in [1.165, 1.54) is 18.3 Å². The van der Waals surface area contributed by atoms with Gasteiger partial charge in [-0.05, 0) is 42.0 Å². The molecule has 0 aliphatic heterocycles. The average molecular weight is 402 g/mol. The minimum Gasteiger partial charge on any atom is -0.506 e. The highest BCUT2D eigenvalue weighted by Gasteiger charge is 2.12. The number of hydrazone groups is 1. The maximum absolute atomic E-state index is 12.2. The lowest BCUT2D eigenvalue weighted by Crippen LogP contribution is -2.34. The zero-order chi connectivity index (χ0) is 19.4. The Labute approximate surface area is 166 Å². The van der Waals surface area contributed by atoms with E-state index in [2.05, 4.69) is 15.8 Å². The molecule has 1 amide bonds. The topological polar surface area (TPSA) is 73.7 Å². The first kappa shape index (κ1) is 19.0. The molecule has 0 fully saturated rings. The number of halogens is 2. The Morgan fingerprint density at radius 3 is 2.63 bits per heavy atom. The van der Waals surface area contributed by atoms with Gasteiger partial charge >= 0.3 is 0 Å². The van der Waals surface area contributed by atoms with Crippen LogP contribution < -0.4 is 10.7 Å². The summed E-state index contributed by atoms with van der Waals surface area (Å²) in [6.07, 6.45) is 1.29. The number of nitrogens with zero attached hydrogens (tertiary/aromatic N) is 1. The molecular formula is C20H17Cl2N3O2. The van der Waals surface area contributed by atoms with Crippen LogP contribution in [-0.4, -0.2) is 23.3 Å². The van der Waals surface area contributed by atoms with Crippen LogP contribution in [0, 0.1) is 0 Å². The van der Waals surface area contributed by atoms with Crippen molar-refractivity contribution < 1.29 is 9.90 Å². The lowest BCUT2D eigenvalue weighted by atomic mass is 10.1. The summed E-state index contributed by atoms with van der Waals surface area (Å²) in [6.45, 7) is 1.73. The zero-order valence-corrected chi connectivity index (χ0v) is 15.9. The minimum atomic E-state index is -0.514. The van der Waals surface area contributed by atoms with Crippen LogP contribution in [0.5, 0.6) is 5.75 Å². The quantitative estimate of drug-likeness (QED) is 0.424. The van der Waals surface area contributed by atoms with Gasteiger partial charge in [0.1, 0.15) is 11.8 Å². The fourth-order valence-corrected chi connectivity index (χ4v) is 3.05. The lowest BCUT2D eigenvalue weighted by molar-refractivity contribution is -0.121. The summed E-state index contributed by atoms with van der Waals surface area (Å²) >= 11 is 11.7. The molecule has 138 valence electrons. The van der Waals surface area contributed by atoms with Crippen LogP contribution in [0.2, 0.25) is 10.0 Å². The summed E-state index contributed by atoms with van der Waals surface area (Å²) in [5.41, 5.74) is 3.57. The molecule has 0 aliphatic carbocycles. The number of phenolic OH excluding ortho intramolecular Hbond substituents is 1. The van der Waals surface area contributed by atoms with Crippen LogP contribution in [0.4, 0.5) is 5.69 Å². The molecule has 0 bridgehead atoms. The maximum atomic E-state index is 12.2. The largest absolute Gasteiger partial charge is 0.506 e. The molecule has 0 aromatic heterocycles. The number of carbonyl (C=O) groups excluding carboxylic acids is 1. The van der Waals surface area contributed by atoms with Gasteiger partial charge in [0, 0.05) is 16.3 Å². The van der Waals surface area contributed by atoms with Crippen LogP contribution in [-0.2, 0) is 4.79 Å². The number of nitrogens with one attached hydrogen (secondary N) is 2. The van der Waals surface area contributed by atoms with Gasteiger partial charge in [-0.2, -0.15) is 5.10 Å². The maximum Gasteiger partial charge on any atom is 0.262 e. The average Bonchev–Trinajstić information content (AvgIpc) is 2.65. The van der Waals surface area contributed by atoms with E-state index in [9.17, 15) is 9.90 Å². The number of carbonyl (C=O) groups is 1. The number of aromatic hydroxyl groups is 1. The third kappa shape index (κ3) is 4.70. The Kier molecular flexibility index (Phi) is 5.84. The van der Waals surface area contributed by atoms with Crippen molar-refractivity contribution in [1.82, 2.24) is 5.43 Å². The van der Waals surface area contributed by atoms with Crippen molar-refractivity contribution in [2.75, 3.05) is 5.32 Å². The molecule has 1 atom stereocenters. The number of amides is 1. The second-order valence-electron chi connectivity index (χ2n) is 5.99. The van der Waals surface area contributed by atoms with Crippen LogP contribution in [0.15, 0.2) is 59.7 Å².